The van der Waals surface area contributed by atoms with Crippen LogP contribution in [0.1, 0.15) is 0 Å². The van der Waals surface area contributed by atoms with E-state index >= 15 is 0 Å². The van der Waals surface area contributed by atoms with Crippen LogP contribution in [-0.4, -0.2) is 9.97 Å². The summed E-state index contributed by atoms with van der Waals surface area (Å²) in [6, 6.07) is 70.2. The lowest BCUT2D eigenvalue weighted by Crippen LogP contribution is -2.09. The maximum absolute atomic E-state index is 5.41. The van der Waals surface area contributed by atoms with Crippen LogP contribution in [0.2, 0.25) is 0 Å². The predicted octanol–water partition coefficient (Wildman–Crippen LogP) is 12.9. The molecule has 0 saturated carbocycles. The molecule has 0 unspecified atom stereocenters. The van der Waals surface area contributed by atoms with Crippen LogP contribution in [-0.2, 0) is 0 Å². The van der Waals surface area contributed by atoms with E-state index in [1.165, 1.54) is 10.8 Å². The zero-order chi connectivity index (χ0) is 34.0. The molecule has 0 atom stereocenters. The molecule has 9 rings (SSSR count). The Bertz CT molecular complexity index is 2560. The SMILES string of the molecule is c1ccc(-c2cc3nc(-c4ccc(N(c5ccccc5)c5ccccc5)cc4)c(-c4ccccc4)nc3cc2-c2ccc3ccccc3c2)cc1. The van der Waals surface area contributed by atoms with Gasteiger partial charge in [0.25, 0.3) is 0 Å². The number of anilines is 3. The summed E-state index contributed by atoms with van der Waals surface area (Å²) in [5.74, 6) is 0. The molecule has 0 fully saturated rings. The molecule has 9 aromatic rings. The Morgan fingerprint density at radius 2 is 0.706 bits per heavy atom. The van der Waals surface area contributed by atoms with Crippen LogP contribution in [0.3, 0.4) is 0 Å². The molecular formula is C48H33N3. The van der Waals surface area contributed by atoms with Gasteiger partial charge in [0.05, 0.1) is 22.4 Å². The van der Waals surface area contributed by atoms with Gasteiger partial charge in [-0.15, -0.1) is 0 Å². The molecule has 0 spiro atoms. The molecule has 0 aliphatic rings. The molecule has 51 heavy (non-hydrogen) atoms. The first-order valence-electron chi connectivity index (χ1n) is 17.2. The van der Waals surface area contributed by atoms with E-state index in [4.69, 9.17) is 9.97 Å². The van der Waals surface area contributed by atoms with Crippen LogP contribution in [0.4, 0.5) is 17.1 Å². The summed E-state index contributed by atoms with van der Waals surface area (Å²) in [6.45, 7) is 0. The molecular weight excluding hydrogens is 619 g/mol. The first-order chi connectivity index (χ1) is 25.3. The minimum absolute atomic E-state index is 0.851. The molecule has 1 aromatic heterocycles. The van der Waals surface area contributed by atoms with Gasteiger partial charge in [-0.2, -0.15) is 0 Å². The lowest BCUT2D eigenvalue weighted by molar-refractivity contribution is 1.27. The minimum atomic E-state index is 0.851. The van der Waals surface area contributed by atoms with Crippen molar-refractivity contribution in [2.75, 3.05) is 4.90 Å². The van der Waals surface area contributed by atoms with Gasteiger partial charge in [-0.25, -0.2) is 9.97 Å². The average Bonchev–Trinajstić information content (AvgIpc) is 3.21. The number of fused-ring (bicyclic) bond motifs is 2. The lowest BCUT2D eigenvalue weighted by atomic mass is 9.92. The molecule has 3 heteroatoms. The normalized spacial score (nSPS) is 11.1. The van der Waals surface area contributed by atoms with E-state index < -0.39 is 0 Å². The largest absolute Gasteiger partial charge is 0.311 e. The highest BCUT2D eigenvalue weighted by molar-refractivity contribution is 5.98. The van der Waals surface area contributed by atoms with Crippen molar-refractivity contribution >= 4 is 38.9 Å². The lowest BCUT2D eigenvalue weighted by Gasteiger charge is -2.25. The third-order valence-corrected chi connectivity index (χ3v) is 9.42. The number of benzene rings is 8. The molecule has 0 aliphatic carbocycles. The van der Waals surface area contributed by atoms with E-state index in [1.807, 2.05) is 18.2 Å². The average molecular weight is 652 g/mol. The summed E-state index contributed by atoms with van der Waals surface area (Å²) < 4.78 is 0. The summed E-state index contributed by atoms with van der Waals surface area (Å²) in [6.07, 6.45) is 0. The second-order valence-electron chi connectivity index (χ2n) is 12.7. The highest BCUT2D eigenvalue weighted by Gasteiger charge is 2.18. The molecule has 0 saturated heterocycles. The highest BCUT2D eigenvalue weighted by Crippen LogP contribution is 2.40. The molecule has 0 amide bonds. The van der Waals surface area contributed by atoms with Crippen molar-refractivity contribution in [3.05, 3.63) is 200 Å². The maximum Gasteiger partial charge on any atom is 0.0973 e. The van der Waals surface area contributed by atoms with Crippen LogP contribution in [0.25, 0.3) is 66.6 Å². The van der Waals surface area contributed by atoms with E-state index in [2.05, 4.69) is 187 Å². The molecule has 3 nitrogen and oxygen atoms in total. The van der Waals surface area contributed by atoms with Crippen molar-refractivity contribution in [2.24, 2.45) is 0 Å². The van der Waals surface area contributed by atoms with Gasteiger partial charge in [-0.1, -0.05) is 146 Å². The van der Waals surface area contributed by atoms with Crippen molar-refractivity contribution in [3.8, 4) is 44.8 Å². The summed E-state index contributed by atoms with van der Waals surface area (Å²) in [4.78, 5) is 13.1. The van der Waals surface area contributed by atoms with E-state index in [1.54, 1.807) is 0 Å². The van der Waals surface area contributed by atoms with Crippen LogP contribution >= 0.6 is 0 Å². The van der Waals surface area contributed by atoms with Crippen LogP contribution in [0.15, 0.2) is 200 Å². The van der Waals surface area contributed by atoms with Gasteiger partial charge in [-0.05, 0) is 87.6 Å². The fourth-order valence-electron chi connectivity index (χ4n) is 6.92. The van der Waals surface area contributed by atoms with E-state index in [-0.39, 0.29) is 0 Å². The summed E-state index contributed by atoms with van der Waals surface area (Å²) in [5.41, 5.74) is 13.3. The van der Waals surface area contributed by atoms with E-state index in [0.29, 0.717) is 0 Å². The van der Waals surface area contributed by atoms with Crippen molar-refractivity contribution in [3.63, 3.8) is 0 Å². The van der Waals surface area contributed by atoms with Crippen molar-refractivity contribution in [1.82, 2.24) is 9.97 Å². The van der Waals surface area contributed by atoms with E-state index in [0.717, 1.165) is 72.9 Å². The number of rotatable bonds is 7. The van der Waals surface area contributed by atoms with Gasteiger partial charge in [0.1, 0.15) is 0 Å². The van der Waals surface area contributed by atoms with Gasteiger partial charge in [-0.3, -0.25) is 0 Å². The quantitative estimate of drug-likeness (QED) is 0.172. The first kappa shape index (κ1) is 30.2. The zero-order valence-electron chi connectivity index (χ0n) is 27.9. The van der Waals surface area contributed by atoms with Gasteiger partial charge >= 0.3 is 0 Å². The highest BCUT2D eigenvalue weighted by atomic mass is 15.1. The van der Waals surface area contributed by atoms with Gasteiger partial charge < -0.3 is 4.90 Å². The first-order valence-corrected chi connectivity index (χ1v) is 17.2. The number of aromatic nitrogens is 2. The Kier molecular flexibility index (Phi) is 7.84. The van der Waals surface area contributed by atoms with Gasteiger partial charge in [0, 0.05) is 28.2 Å². The predicted molar refractivity (Wildman–Crippen MR) is 213 cm³/mol. The summed E-state index contributed by atoms with van der Waals surface area (Å²) in [7, 11) is 0. The summed E-state index contributed by atoms with van der Waals surface area (Å²) >= 11 is 0. The minimum Gasteiger partial charge on any atom is -0.311 e. The smallest absolute Gasteiger partial charge is 0.0973 e. The number of para-hydroxylation sites is 2. The Labute approximate surface area is 297 Å². The number of hydrogen-bond acceptors (Lipinski definition) is 3. The third kappa shape index (κ3) is 5.92. The fraction of sp³-hybridized carbons (Fsp3) is 0. The van der Waals surface area contributed by atoms with Gasteiger partial charge in [0.15, 0.2) is 0 Å². The zero-order valence-corrected chi connectivity index (χ0v) is 27.9. The van der Waals surface area contributed by atoms with E-state index in [9.17, 15) is 0 Å². The van der Waals surface area contributed by atoms with Crippen molar-refractivity contribution in [2.45, 2.75) is 0 Å². The Morgan fingerprint density at radius 3 is 1.27 bits per heavy atom. The summed E-state index contributed by atoms with van der Waals surface area (Å²) in [5, 5.41) is 2.43. The molecule has 0 radical (unpaired) electrons. The van der Waals surface area contributed by atoms with Crippen LogP contribution < -0.4 is 4.90 Å². The Hall–Kier alpha value is -6.84. The number of hydrogen-bond donors (Lipinski definition) is 0. The van der Waals surface area contributed by atoms with Crippen molar-refractivity contribution in [1.29, 1.82) is 0 Å². The molecule has 0 aliphatic heterocycles. The van der Waals surface area contributed by atoms with Gasteiger partial charge in [0.2, 0.25) is 0 Å². The number of nitrogens with zero attached hydrogens (tertiary/aromatic N) is 3. The van der Waals surface area contributed by atoms with Crippen LogP contribution in [0.5, 0.6) is 0 Å². The topological polar surface area (TPSA) is 29.0 Å². The maximum atomic E-state index is 5.41. The van der Waals surface area contributed by atoms with Crippen LogP contribution in [0, 0.1) is 0 Å². The fourth-order valence-corrected chi connectivity index (χ4v) is 6.92. The van der Waals surface area contributed by atoms with Crippen molar-refractivity contribution < 1.29 is 0 Å². The third-order valence-electron chi connectivity index (χ3n) is 9.42. The Balaban J connectivity index is 1.22. The second-order valence-corrected chi connectivity index (χ2v) is 12.7. The monoisotopic (exact) mass is 651 g/mol. The molecule has 240 valence electrons. The second kappa shape index (κ2) is 13.2. The molecule has 0 N–H and O–H groups in total. The Morgan fingerprint density at radius 1 is 0.294 bits per heavy atom. The standard InChI is InChI=1S/C48H33N3/c1-5-16-35(17-6-1)43-32-45-46(33-44(43)39-26-25-34-15-13-14-20-38(34)31-39)49-47(36-18-7-2-8-19-36)48(50-45)37-27-29-42(30-28-37)51(40-21-9-3-10-22-40)41-23-11-4-12-24-41/h1-33H. The molecule has 0 bridgehead atoms. The molecule has 1 heterocycles. The molecule has 8 aromatic carbocycles.